The van der Waals surface area contributed by atoms with Crippen LogP contribution in [0.1, 0.15) is 23.6 Å². The SMILES string of the molecule is COC1=Nc2cc(CO)c(F)cc2C(c2ccccc2Cl)=NC1/C(C)=N/NC(N)=O. The van der Waals surface area contributed by atoms with E-state index in [4.69, 9.17) is 27.1 Å². The zero-order valence-electron chi connectivity index (χ0n) is 16.2. The zero-order valence-corrected chi connectivity index (χ0v) is 16.9. The van der Waals surface area contributed by atoms with E-state index in [1.54, 1.807) is 31.2 Å². The summed E-state index contributed by atoms with van der Waals surface area (Å²) >= 11 is 6.39. The molecule has 30 heavy (non-hydrogen) atoms. The van der Waals surface area contributed by atoms with Crippen LogP contribution >= 0.6 is 11.6 Å². The molecule has 2 amide bonds. The molecular formula is C20H19ClFN5O3. The molecule has 1 unspecified atom stereocenters. The third-order valence-corrected chi connectivity index (χ3v) is 4.72. The second-order valence-corrected chi connectivity index (χ2v) is 6.77. The molecule has 0 bridgehead atoms. The number of nitrogens with zero attached hydrogens (tertiary/aromatic N) is 3. The minimum absolute atomic E-state index is 0.0747. The number of aliphatic imine (C=N–C) groups is 2. The highest BCUT2D eigenvalue weighted by Crippen LogP contribution is 2.32. The molecule has 4 N–H and O–H groups in total. The van der Waals surface area contributed by atoms with E-state index in [1.807, 2.05) is 0 Å². The fourth-order valence-electron chi connectivity index (χ4n) is 2.94. The number of halogens is 2. The van der Waals surface area contributed by atoms with Crippen LogP contribution in [-0.2, 0) is 11.3 Å². The first-order valence-corrected chi connectivity index (χ1v) is 9.22. The Morgan fingerprint density at radius 2 is 2.10 bits per heavy atom. The maximum absolute atomic E-state index is 14.5. The second-order valence-electron chi connectivity index (χ2n) is 6.36. The molecule has 8 nitrogen and oxygen atoms in total. The number of primary amides is 1. The monoisotopic (exact) mass is 431 g/mol. The van der Waals surface area contributed by atoms with Crippen LogP contribution < -0.4 is 11.2 Å². The molecule has 2 aromatic carbocycles. The minimum atomic E-state index is -0.846. The first-order valence-electron chi connectivity index (χ1n) is 8.84. The number of aliphatic hydroxyl groups excluding tert-OH is 1. The summed E-state index contributed by atoms with van der Waals surface area (Å²) in [4.78, 5) is 20.2. The van der Waals surface area contributed by atoms with Gasteiger partial charge < -0.3 is 15.6 Å². The van der Waals surface area contributed by atoms with E-state index in [-0.39, 0.29) is 11.5 Å². The van der Waals surface area contributed by atoms with Gasteiger partial charge in [0.05, 0.1) is 30.8 Å². The van der Waals surface area contributed by atoms with Gasteiger partial charge in [-0.25, -0.2) is 19.6 Å². The largest absolute Gasteiger partial charge is 0.482 e. The number of rotatable bonds is 4. The lowest BCUT2D eigenvalue weighted by Crippen LogP contribution is -2.32. The molecule has 10 heteroatoms. The van der Waals surface area contributed by atoms with Gasteiger partial charge in [0.1, 0.15) is 5.82 Å². The van der Waals surface area contributed by atoms with E-state index in [0.29, 0.717) is 33.3 Å². The van der Waals surface area contributed by atoms with Crippen molar-refractivity contribution in [1.82, 2.24) is 5.43 Å². The number of nitrogens with two attached hydrogens (primary N) is 1. The number of amides is 2. The Morgan fingerprint density at radius 3 is 2.73 bits per heavy atom. The lowest BCUT2D eigenvalue weighted by Gasteiger charge is -2.15. The van der Waals surface area contributed by atoms with Crippen LogP contribution in [0.3, 0.4) is 0 Å². The van der Waals surface area contributed by atoms with Gasteiger partial charge in [0.2, 0.25) is 5.90 Å². The predicted molar refractivity (Wildman–Crippen MR) is 113 cm³/mol. The highest BCUT2D eigenvalue weighted by atomic mass is 35.5. The summed E-state index contributed by atoms with van der Waals surface area (Å²) in [5, 5.41) is 13.8. The van der Waals surface area contributed by atoms with Crippen molar-refractivity contribution in [2.45, 2.75) is 19.6 Å². The molecule has 1 atom stereocenters. The molecule has 0 fully saturated rings. The second kappa shape index (κ2) is 9.02. The number of hydrogen-bond acceptors (Lipinski definition) is 6. The molecular weight excluding hydrogens is 413 g/mol. The van der Waals surface area contributed by atoms with Crippen molar-refractivity contribution in [3.8, 4) is 0 Å². The van der Waals surface area contributed by atoms with Crippen LogP contribution in [0, 0.1) is 5.82 Å². The number of benzene rings is 2. The number of carbonyl (C=O) groups excluding carboxylic acids is 1. The number of fused-ring (bicyclic) bond motifs is 1. The fraction of sp³-hybridized carbons (Fsp3) is 0.200. The average molecular weight is 432 g/mol. The molecule has 0 aliphatic carbocycles. The molecule has 0 radical (unpaired) electrons. The average Bonchev–Trinajstić information content (AvgIpc) is 2.88. The number of hydrogen-bond donors (Lipinski definition) is 3. The quantitative estimate of drug-likeness (QED) is 0.509. The Bertz CT molecular complexity index is 1080. The summed E-state index contributed by atoms with van der Waals surface area (Å²) < 4.78 is 19.9. The zero-order chi connectivity index (χ0) is 21.8. The Labute approximate surface area is 176 Å². The number of aliphatic hydroxyl groups is 1. The van der Waals surface area contributed by atoms with E-state index in [0.717, 1.165) is 0 Å². The van der Waals surface area contributed by atoms with E-state index in [2.05, 4.69) is 15.5 Å². The van der Waals surface area contributed by atoms with Crippen molar-refractivity contribution in [3.05, 3.63) is 63.9 Å². The first-order chi connectivity index (χ1) is 14.3. The predicted octanol–water partition coefficient (Wildman–Crippen LogP) is 2.91. The first kappa shape index (κ1) is 21.4. The highest BCUT2D eigenvalue weighted by molar-refractivity contribution is 6.36. The van der Waals surface area contributed by atoms with Crippen molar-refractivity contribution in [1.29, 1.82) is 0 Å². The Hall–Kier alpha value is -3.30. The summed E-state index contributed by atoms with van der Waals surface area (Å²) in [5.41, 5.74) is 9.25. The molecule has 0 aromatic heterocycles. The maximum Gasteiger partial charge on any atom is 0.332 e. The maximum atomic E-state index is 14.5. The summed E-state index contributed by atoms with van der Waals surface area (Å²) in [7, 11) is 1.41. The molecule has 0 saturated carbocycles. The Balaban J connectivity index is 2.29. The minimum Gasteiger partial charge on any atom is -0.482 e. The lowest BCUT2D eigenvalue weighted by atomic mass is 9.98. The van der Waals surface area contributed by atoms with Crippen molar-refractivity contribution in [2.75, 3.05) is 7.11 Å². The van der Waals surface area contributed by atoms with E-state index in [1.165, 1.54) is 19.2 Å². The van der Waals surface area contributed by atoms with Crippen molar-refractivity contribution in [3.63, 3.8) is 0 Å². The molecule has 2 aromatic rings. The van der Waals surface area contributed by atoms with Gasteiger partial charge >= 0.3 is 6.03 Å². The molecule has 1 aliphatic rings. The molecule has 3 rings (SSSR count). The summed E-state index contributed by atoms with van der Waals surface area (Å²) in [6, 6.07) is 7.94. The number of hydrazone groups is 1. The van der Waals surface area contributed by atoms with Gasteiger partial charge in [0.15, 0.2) is 6.04 Å². The lowest BCUT2D eigenvalue weighted by molar-refractivity contribution is 0.249. The third-order valence-electron chi connectivity index (χ3n) is 4.39. The van der Waals surface area contributed by atoms with Crippen LogP contribution in [0.4, 0.5) is 14.9 Å². The van der Waals surface area contributed by atoms with E-state index < -0.39 is 24.5 Å². The summed E-state index contributed by atoms with van der Waals surface area (Å²) in [6.07, 6.45) is 0. The molecule has 1 aliphatic heterocycles. The third kappa shape index (κ3) is 4.32. The molecule has 0 spiro atoms. The standard InChI is InChI=1S/C20H19ClFN5O3/c1-10(26-27-20(23)29)17-19(30-2)24-16-7-11(9-28)15(22)8-13(16)18(25-17)12-5-3-4-6-14(12)21/h3-8,17,28H,9H2,1-2H3,(H3,23,27,29)/b26-10+. The number of carbonyl (C=O) groups is 1. The van der Waals surface area contributed by atoms with Gasteiger partial charge in [-0.1, -0.05) is 29.8 Å². The molecule has 1 heterocycles. The number of ether oxygens (including phenoxy) is 1. The van der Waals surface area contributed by atoms with Crippen LogP contribution in [0.5, 0.6) is 0 Å². The number of methoxy groups -OCH3 is 1. The van der Waals surface area contributed by atoms with Crippen LogP contribution in [0.2, 0.25) is 5.02 Å². The van der Waals surface area contributed by atoms with E-state index >= 15 is 0 Å². The van der Waals surface area contributed by atoms with Crippen LogP contribution in [-0.4, -0.2) is 41.6 Å². The molecule has 156 valence electrons. The van der Waals surface area contributed by atoms with Crippen molar-refractivity contribution >= 4 is 40.6 Å². The topological polar surface area (TPSA) is 122 Å². The fourth-order valence-corrected chi connectivity index (χ4v) is 3.17. The smallest absolute Gasteiger partial charge is 0.332 e. The number of urea groups is 1. The van der Waals surface area contributed by atoms with Gasteiger partial charge in [0.25, 0.3) is 0 Å². The summed E-state index contributed by atoms with van der Waals surface area (Å²) in [5.74, 6) is -0.453. The normalized spacial score (nSPS) is 16.2. The molecule has 0 saturated heterocycles. The highest BCUT2D eigenvalue weighted by Gasteiger charge is 2.28. The number of nitrogens with one attached hydrogen (secondary N) is 1. The van der Waals surface area contributed by atoms with Crippen LogP contribution in [0.15, 0.2) is 51.5 Å². The van der Waals surface area contributed by atoms with Gasteiger partial charge in [-0.15, -0.1) is 0 Å². The summed E-state index contributed by atoms with van der Waals surface area (Å²) in [6.45, 7) is 1.11. The van der Waals surface area contributed by atoms with E-state index in [9.17, 15) is 14.3 Å². The van der Waals surface area contributed by atoms with Gasteiger partial charge in [-0.05, 0) is 25.1 Å². The van der Waals surface area contributed by atoms with Gasteiger partial charge in [0, 0.05) is 21.7 Å². The van der Waals surface area contributed by atoms with Gasteiger partial charge in [-0.2, -0.15) is 5.10 Å². The Morgan fingerprint density at radius 1 is 1.37 bits per heavy atom. The van der Waals surface area contributed by atoms with Gasteiger partial charge in [-0.3, -0.25) is 4.99 Å². The van der Waals surface area contributed by atoms with Crippen molar-refractivity contribution in [2.24, 2.45) is 20.8 Å². The Kier molecular flexibility index (Phi) is 6.43. The van der Waals surface area contributed by atoms with Crippen LogP contribution in [0.25, 0.3) is 0 Å². The van der Waals surface area contributed by atoms with Crippen molar-refractivity contribution < 1.29 is 19.0 Å².